The second kappa shape index (κ2) is 4.66. The normalized spacial score (nSPS) is 39.4. The van der Waals surface area contributed by atoms with Gasteiger partial charge < -0.3 is 10.6 Å². The largest absolute Gasteiger partial charge is 0.328 e. The fourth-order valence-electron chi connectivity index (χ4n) is 3.84. The Hall–Kier alpha value is -0.0800. The minimum atomic E-state index is 0.518. The summed E-state index contributed by atoms with van der Waals surface area (Å²) in [5.74, 6) is 0.790. The predicted octanol–water partition coefficient (Wildman–Crippen LogP) is 2.62. The van der Waals surface area contributed by atoms with Crippen LogP contribution in [-0.4, -0.2) is 30.6 Å². The van der Waals surface area contributed by atoms with E-state index >= 15 is 0 Å². The maximum Gasteiger partial charge on any atom is 0.00927 e. The Bertz CT molecular complexity index is 221. The summed E-state index contributed by atoms with van der Waals surface area (Å²) >= 11 is 0. The second-order valence-electron chi connectivity index (χ2n) is 6.73. The lowest BCUT2D eigenvalue weighted by atomic mass is 9.58. The molecule has 0 aliphatic heterocycles. The van der Waals surface area contributed by atoms with Crippen molar-refractivity contribution in [3.63, 3.8) is 0 Å². The molecule has 2 aliphatic rings. The van der Waals surface area contributed by atoms with E-state index in [9.17, 15) is 0 Å². The van der Waals surface area contributed by atoms with Crippen molar-refractivity contribution in [2.24, 2.45) is 17.1 Å². The first-order valence-electron chi connectivity index (χ1n) is 6.97. The summed E-state index contributed by atoms with van der Waals surface area (Å²) in [6, 6.07) is 1.36. The first kappa shape index (κ1) is 12.4. The van der Waals surface area contributed by atoms with Gasteiger partial charge in [0.1, 0.15) is 0 Å². The Morgan fingerprint density at radius 1 is 1.25 bits per heavy atom. The molecule has 1 spiro atoms. The van der Waals surface area contributed by atoms with Crippen molar-refractivity contribution >= 4 is 0 Å². The van der Waals surface area contributed by atoms with Crippen LogP contribution in [0.25, 0.3) is 0 Å². The zero-order valence-corrected chi connectivity index (χ0v) is 11.2. The van der Waals surface area contributed by atoms with Crippen LogP contribution in [0.4, 0.5) is 0 Å². The van der Waals surface area contributed by atoms with E-state index in [0.717, 1.165) is 12.0 Å². The summed E-state index contributed by atoms with van der Waals surface area (Å²) in [4.78, 5) is 2.58. The lowest BCUT2D eigenvalue weighted by Gasteiger charge is -2.51. The summed E-state index contributed by atoms with van der Waals surface area (Å²) < 4.78 is 0. The van der Waals surface area contributed by atoms with Gasteiger partial charge in [0.05, 0.1) is 0 Å². The van der Waals surface area contributed by atoms with E-state index in [1.165, 1.54) is 45.1 Å². The topological polar surface area (TPSA) is 29.3 Å². The average Bonchev–Trinajstić information content (AvgIpc) is 2.15. The number of nitrogens with two attached hydrogens (primary N) is 1. The lowest BCUT2D eigenvalue weighted by Crippen LogP contribution is -2.50. The van der Waals surface area contributed by atoms with E-state index < -0.39 is 0 Å². The van der Waals surface area contributed by atoms with Gasteiger partial charge in [0, 0.05) is 18.6 Å². The molecule has 0 aromatic rings. The molecule has 2 fully saturated rings. The molecule has 0 aromatic carbocycles. The zero-order chi connectivity index (χ0) is 11.8. The summed E-state index contributed by atoms with van der Waals surface area (Å²) in [5.41, 5.74) is 6.61. The van der Waals surface area contributed by atoms with E-state index in [0.29, 0.717) is 11.5 Å². The highest BCUT2D eigenvalue weighted by atomic mass is 15.1. The number of nitrogens with zero attached hydrogens (tertiary/aromatic N) is 1. The minimum absolute atomic E-state index is 0.518. The lowest BCUT2D eigenvalue weighted by molar-refractivity contribution is 0.0205. The molecule has 2 heteroatoms. The number of rotatable bonds is 3. The van der Waals surface area contributed by atoms with Gasteiger partial charge in [-0.25, -0.2) is 0 Å². The first-order chi connectivity index (χ1) is 7.51. The molecule has 2 nitrogen and oxygen atoms in total. The fourth-order valence-corrected chi connectivity index (χ4v) is 3.84. The van der Waals surface area contributed by atoms with Gasteiger partial charge in [0.2, 0.25) is 0 Å². The molecule has 16 heavy (non-hydrogen) atoms. The monoisotopic (exact) mass is 224 g/mol. The van der Waals surface area contributed by atoms with Crippen molar-refractivity contribution in [1.82, 2.24) is 4.90 Å². The van der Waals surface area contributed by atoms with Crippen LogP contribution in [0.1, 0.15) is 52.4 Å². The predicted molar refractivity (Wildman–Crippen MR) is 69.4 cm³/mol. The summed E-state index contributed by atoms with van der Waals surface area (Å²) in [6.45, 7) is 5.87. The molecule has 0 amide bonds. The molecule has 2 N–H and O–H groups in total. The molecule has 0 atom stereocenters. The van der Waals surface area contributed by atoms with Crippen LogP contribution in [0, 0.1) is 11.3 Å². The van der Waals surface area contributed by atoms with Crippen molar-refractivity contribution in [3.8, 4) is 0 Å². The van der Waals surface area contributed by atoms with Crippen molar-refractivity contribution in [1.29, 1.82) is 0 Å². The highest BCUT2D eigenvalue weighted by molar-refractivity contribution is 4.99. The van der Waals surface area contributed by atoms with Crippen LogP contribution < -0.4 is 5.73 Å². The van der Waals surface area contributed by atoms with Gasteiger partial charge in [-0.05, 0) is 56.9 Å². The number of hydrogen-bond acceptors (Lipinski definition) is 2. The Labute approximate surface area is 101 Å². The first-order valence-corrected chi connectivity index (χ1v) is 6.97. The molecule has 0 bridgehead atoms. The van der Waals surface area contributed by atoms with Gasteiger partial charge in [-0.2, -0.15) is 0 Å². The zero-order valence-electron chi connectivity index (χ0n) is 11.2. The van der Waals surface area contributed by atoms with Gasteiger partial charge in [0.25, 0.3) is 0 Å². The maximum absolute atomic E-state index is 5.93. The van der Waals surface area contributed by atoms with Crippen LogP contribution in [0.5, 0.6) is 0 Å². The highest BCUT2D eigenvalue weighted by Gasteiger charge is 2.44. The Morgan fingerprint density at radius 3 is 2.25 bits per heavy atom. The molecule has 0 heterocycles. The molecule has 0 aromatic heterocycles. The quantitative estimate of drug-likeness (QED) is 0.798. The molecule has 2 saturated carbocycles. The van der Waals surface area contributed by atoms with Crippen LogP contribution in [0.2, 0.25) is 0 Å². The molecule has 0 radical (unpaired) electrons. The van der Waals surface area contributed by atoms with E-state index in [4.69, 9.17) is 5.73 Å². The van der Waals surface area contributed by atoms with Crippen LogP contribution in [-0.2, 0) is 0 Å². The molecule has 2 rings (SSSR count). The van der Waals surface area contributed by atoms with Crippen LogP contribution in [0.3, 0.4) is 0 Å². The fraction of sp³-hybridized carbons (Fsp3) is 1.00. The van der Waals surface area contributed by atoms with E-state index in [2.05, 4.69) is 25.8 Å². The van der Waals surface area contributed by atoms with Crippen molar-refractivity contribution in [2.45, 2.75) is 64.5 Å². The van der Waals surface area contributed by atoms with E-state index in [1.54, 1.807) is 0 Å². The third-order valence-corrected chi connectivity index (χ3v) is 4.68. The Kier molecular flexibility index (Phi) is 3.60. The van der Waals surface area contributed by atoms with Gasteiger partial charge in [-0.3, -0.25) is 0 Å². The van der Waals surface area contributed by atoms with Gasteiger partial charge in [0.15, 0.2) is 0 Å². The molecular formula is C14H28N2. The second-order valence-corrected chi connectivity index (χ2v) is 6.73. The highest BCUT2D eigenvalue weighted by Crippen LogP contribution is 2.51. The molecule has 0 unspecified atom stereocenters. The van der Waals surface area contributed by atoms with E-state index in [1.807, 2.05) is 0 Å². The van der Waals surface area contributed by atoms with Crippen LogP contribution in [0.15, 0.2) is 0 Å². The Balaban J connectivity index is 1.77. The SMILES string of the molecule is CC(C)CN(C)C1CCC2(CC1)CC(N)C2. The Morgan fingerprint density at radius 2 is 1.81 bits per heavy atom. The molecule has 2 aliphatic carbocycles. The van der Waals surface area contributed by atoms with Gasteiger partial charge in [-0.15, -0.1) is 0 Å². The minimum Gasteiger partial charge on any atom is -0.328 e. The van der Waals surface area contributed by atoms with Crippen LogP contribution >= 0.6 is 0 Å². The van der Waals surface area contributed by atoms with Gasteiger partial charge >= 0.3 is 0 Å². The summed E-state index contributed by atoms with van der Waals surface area (Å²) in [5, 5.41) is 0. The average molecular weight is 224 g/mol. The standard InChI is InChI=1S/C14H28N2/c1-11(2)10-16(3)13-4-6-14(7-5-13)8-12(15)9-14/h11-13H,4-10,15H2,1-3H3. The molecular weight excluding hydrogens is 196 g/mol. The third kappa shape index (κ3) is 2.60. The van der Waals surface area contributed by atoms with E-state index in [-0.39, 0.29) is 0 Å². The van der Waals surface area contributed by atoms with Gasteiger partial charge in [-0.1, -0.05) is 13.8 Å². The van der Waals surface area contributed by atoms with Crippen molar-refractivity contribution < 1.29 is 0 Å². The smallest absolute Gasteiger partial charge is 0.00927 e. The maximum atomic E-state index is 5.93. The summed E-state index contributed by atoms with van der Waals surface area (Å²) in [6.07, 6.45) is 8.24. The summed E-state index contributed by atoms with van der Waals surface area (Å²) in [7, 11) is 2.30. The van der Waals surface area contributed by atoms with Crippen molar-refractivity contribution in [3.05, 3.63) is 0 Å². The number of hydrogen-bond donors (Lipinski definition) is 1. The van der Waals surface area contributed by atoms with Crippen molar-refractivity contribution in [2.75, 3.05) is 13.6 Å². The molecule has 94 valence electrons. The third-order valence-electron chi connectivity index (χ3n) is 4.68. The molecule has 0 saturated heterocycles.